The van der Waals surface area contributed by atoms with Gasteiger partial charge in [0.15, 0.2) is 0 Å². The van der Waals surface area contributed by atoms with Gasteiger partial charge in [0.25, 0.3) is 0 Å². The Morgan fingerprint density at radius 2 is 1.90 bits per heavy atom. The molecule has 4 aliphatic rings. The molecule has 1 aromatic heterocycles. The molecule has 0 radical (unpaired) electrons. The molecule has 1 unspecified atom stereocenters. The number of hydrogen-bond donors (Lipinski definition) is 2. The SMILES string of the molecule is CC1(O)CC(CC(=O)N2CCC3(CC2)CC3CNC(=O)N2Cc3ccncc3C2)C1. The normalized spacial score (nSPS) is 31.3. The molecule has 7 heteroatoms. The molecule has 0 bridgehead atoms. The first-order valence-electron chi connectivity index (χ1n) is 11.3. The van der Waals surface area contributed by atoms with Crippen LogP contribution in [-0.2, 0) is 17.9 Å². The fraction of sp³-hybridized carbons (Fsp3) is 0.696. The Kier molecular flexibility index (Phi) is 4.76. The maximum absolute atomic E-state index is 12.6. The lowest BCUT2D eigenvalue weighted by Crippen LogP contribution is -2.45. The molecule has 2 N–H and O–H groups in total. The van der Waals surface area contributed by atoms with E-state index in [0.717, 1.165) is 57.3 Å². The predicted molar refractivity (Wildman–Crippen MR) is 111 cm³/mol. The van der Waals surface area contributed by atoms with Crippen LogP contribution in [0, 0.1) is 17.3 Å². The number of carbonyl (C=O) groups excluding carboxylic acids is 2. The number of amides is 3. The number of aromatic nitrogens is 1. The lowest BCUT2D eigenvalue weighted by atomic mass is 9.70. The summed E-state index contributed by atoms with van der Waals surface area (Å²) in [7, 11) is 0. The van der Waals surface area contributed by atoms with E-state index < -0.39 is 5.60 Å². The van der Waals surface area contributed by atoms with Crippen LogP contribution >= 0.6 is 0 Å². The molecule has 1 atom stereocenters. The first kappa shape index (κ1) is 19.8. The van der Waals surface area contributed by atoms with E-state index in [9.17, 15) is 14.7 Å². The van der Waals surface area contributed by atoms with E-state index in [1.807, 2.05) is 29.0 Å². The number of aliphatic hydroxyl groups is 1. The Balaban J connectivity index is 1.03. The zero-order valence-electron chi connectivity index (χ0n) is 17.8. The molecule has 1 saturated heterocycles. The molecule has 3 heterocycles. The van der Waals surface area contributed by atoms with Gasteiger partial charge in [-0.2, -0.15) is 0 Å². The van der Waals surface area contributed by atoms with Crippen LogP contribution in [0.5, 0.6) is 0 Å². The summed E-state index contributed by atoms with van der Waals surface area (Å²) in [6, 6.07) is 2.00. The Bertz CT molecular complexity index is 814. The number of hydrogen-bond acceptors (Lipinski definition) is 4. The highest BCUT2D eigenvalue weighted by atomic mass is 16.3. The summed E-state index contributed by atoms with van der Waals surface area (Å²) in [5, 5.41) is 13.0. The third-order valence-electron chi connectivity index (χ3n) is 7.90. The third-order valence-corrected chi connectivity index (χ3v) is 7.90. The fourth-order valence-electron chi connectivity index (χ4n) is 5.92. The molecular weight excluding hydrogens is 380 g/mol. The van der Waals surface area contributed by atoms with Crippen molar-refractivity contribution in [1.82, 2.24) is 20.1 Å². The molecule has 162 valence electrons. The van der Waals surface area contributed by atoms with Crippen LogP contribution in [0.4, 0.5) is 4.79 Å². The highest BCUT2D eigenvalue weighted by molar-refractivity contribution is 5.77. The summed E-state index contributed by atoms with van der Waals surface area (Å²) in [4.78, 5) is 33.1. The van der Waals surface area contributed by atoms with E-state index in [1.54, 1.807) is 6.20 Å². The lowest BCUT2D eigenvalue weighted by molar-refractivity contribution is -0.137. The Hall–Kier alpha value is -2.15. The van der Waals surface area contributed by atoms with Crippen LogP contribution in [-0.4, -0.2) is 57.1 Å². The van der Waals surface area contributed by atoms with Gasteiger partial charge in [-0.3, -0.25) is 9.78 Å². The topological polar surface area (TPSA) is 85.8 Å². The van der Waals surface area contributed by atoms with Crippen molar-refractivity contribution < 1.29 is 14.7 Å². The lowest BCUT2D eigenvalue weighted by Gasteiger charge is -2.42. The second-order valence-electron chi connectivity index (χ2n) is 10.3. The van der Waals surface area contributed by atoms with Crippen LogP contribution in [0.15, 0.2) is 18.5 Å². The standard InChI is InChI=1S/C23H32N4O3/c1-22(30)9-16(10-22)8-20(28)26-6-3-23(4-7-26)11-19(23)13-25-21(29)27-14-17-2-5-24-12-18(17)15-27/h2,5,12,16,19,30H,3-4,6-11,13-15H2,1H3,(H,25,29). The van der Waals surface area contributed by atoms with Crippen molar-refractivity contribution in [2.45, 2.75) is 64.1 Å². The van der Waals surface area contributed by atoms with E-state index in [0.29, 0.717) is 36.8 Å². The molecule has 2 aliphatic heterocycles. The van der Waals surface area contributed by atoms with Crippen molar-refractivity contribution in [3.63, 3.8) is 0 Å². The van der Waals surface area contributed by atoms with Crippen LogP contribution in [0.1, 0.15) is 56.6 Å². The second-order valence-corrected chi connectivity index (χ2v) is 10.3. The Morgan fingerprint density at radius 1 is 1.17 bits per heavy atom. The predicted octanol–water partition coefficient (Wildman–Crippen LogP) is 2.29. The van der Waals surface area contributed by atoms with Gasteiger partial charge in [0.2, 0.25) is 5.91 Å². The summed E-state index contributed by atoms with van der Waals surface area (Å²) in [5.41, 5.74) is 2.09. The largest absolute Gasteiger partial charge is 0.390 e. The maximum Gasteiger partial charge on any atom is 0.318 e. The number of nitrogens with zero attached hydrogens (tertiary/aromatic N) is 3. The van der Waals surface area contributed by atoms with Gasteiger partial charge < -0.3 is 20.2 Å². The van der Waals surface area contributed by atoms with Gasteiger partial charge in [-0.1, -0.05) is 0 Å². The highest BCUT2D eigenvalue weighted by Gasteiger charge is 2.55. The van der Waals surface area contributed by atoms with Gasteiger partial charge in [0, 0.05) is 51.5 Å². The summed E-state index contributed by atoms with van der Waals surface area (Å²) < 4.78 is 0. The molecule has 0 aromatic carbocycles. The molecule has 5 rings (SSSR count). The quantitative estimate of drug-likeness (QED) is 0.795. The third kappa shape index (κ3) is 3.80. The van der Waals surface area contributed by atoms with Gasteiger partial charge in [0.1, 0.15) is 0 Å². The van der Waals surface area contributed by atoms with Crippen molar-refractivity contribution >= 4 is 11.9 Å². The van der Waals surface area contributed by atoms with Crippen LogP contribution in [0.3, 0.4) is 0 Å². The molecular formula is C23H32N4O3. The molecule has 3 amide bonds. The van der Waals surface area contributed by atoms with Crippen molar-refractivity contribution in [1.29, 1.82) is 0 Å². The number of pyridine rings is 1. The number of rotatable bonds is 4. The van der Waals surface area contributed by atoms with Crippen molar-refractivity contribution in [3.05, 3.63) is 29.6 Å². The average Bonchev–Trinajstić information content (AvgIpc) is 3.17. The fourth-order valence-corrected chi connectivity index (χ4v) is 5.92. The first-order chi connectivity index (χ1) is 14.3. The van der Waals surface area contributed by atoms with Gasteiger partial charge in [0.05, 0.1) is 5.60 Å². The van der Waals surface area contributed by atoms with E-state index in [1.165, 1.54) is 5.56 Å². The van der Waals surface area contributed by atoms with E-state index in [2.05, 4.69) is 10.3 Å². The van der Waals surface area contributed by atoms with Gasteiger partial charge >= 0.3 is 6.03 Å². The number of fused-ring (bicyclic) bond motifs is 1. The molecule has 7 nitrogen and oxygen atoms in total. The smallest absolute Gasteiger partial charge is 0.318 e. The zero-order chi connectivity index (χ0) is 20.9. The Morgan fingerprint density at radius 3 is 2.60 bits per heavy atom. The molecule has 2 aliphatic carbocycles. The number of nitrogens with one attached hydrogen (secondary N) is 1. The van der Waals surface area contributed by atoms with Gasteiger partial charge in [-0.05, 0) is 73.5 Å². The maximum atomic E-state index is 12.6. The zero-order valence-corrected chi connectivity index (χ0v) is 17.8. The Labute approximate surface area is 177 Å². The first-order valence-corrected chi connectivity index (χ1v) is 11.3. The minimum absolute atomic E-state index is 0.0113. The number of urea groups is 1. The number of likely N-dealkylation sites (tertiary alicyclic amines) is 1. The second kappa shape index (κ2) is 7.22. The van der Waals surface area contributed by atoms with Crippen LogP contribution in [0.2, 0.25) is 0 Å². The van der Waals surface area contributed by atoms with Crippen LogP contribution < -0.4 is 5.32 Å². The number of carbonyl (C=O) groups is 2. The summed E-state index contributed by atoms with van der Waals surface area (Å²) >= 11 is 0. The van der Waals surface area contributed by atoms with Crippen LogP contribution in [0.25, 0.3) is 0 Å². The molecule has 30 heavy (non-hydrogen) atoms. The van der Waals surface area contributed by atoms with E-state index >= 15 is 0 Å². The molecule has 3 fully saturated rings. The minimum atomic E-state index is -0.558. The average molecular weight is 413 g/mol. The summed E-state index contributed by atoms with van der Waals surface area (Å²) in [6.45, 7) is 5.55. The van der Waals surface area contributed by atoms with Crippen molar-refractivity contribution in [2.75, 3.05) is 19.6 Å². The number of piperidine rings is 1. The van der Waals surface area contributed by atoms with Crippen molar-refractivity contribution in [3.8, 4) is 0 Å². The molecule has 1 spiro atoms. The summed E-state index contributed by atoms with van der Waals surface area (Å²) in [6.07, 6.45) is 8.95. The highest BCUT2D eigenvalue weighted by Crippen LogP contribution is 2.59. The van der Waals surface area contributed by atoms with Crippen molar-refractivity contribution in [2.24, 2.45) is 17.3 Å². The molecule has 2 saturated carbocycles. The monoisotopic (exact) mass is 412 g/mol. The minimum Gasteiger partial charge on any atom is -0.390 e. The van der Waals surface area contributed by atoms with Gasteiger partial charge in [-0.25, -0.2) is 4.79 Å². The van der Waals surface area contributed by atoms with E-state index in [4.69, 9.17) is 0 Å². The molecule has 1 aromatic rings. The van der Waals surface area contributed by atoms with E-state index in [-0.39, 0.29) is 11.9 Å². The van der Waals surface area contributed by atoms with Gasteiger partial charge in [-0.15, -0.1) is 0 Å². The summed E-state index contributed by atoms with van der Waals surface area (Å²) in [5.74, 6) is 1.13.